The molecule has 0 saturated heterocycles. The number of aryl methyl sites for hydroxylation is 2. The van der Waals surface area contributed by atoms with Crippen LogP contribution >= 0.6 is 0 Å². The maximum absolute atomic E-state index is 10.0. The summed E-state index contributed by atoms with van der Waals surface area (Å²) in [7, 11) is 0. The average molecular weight is 594 g/mol. The van der Waals surface area contributed by atoms with E-state index in [-0.39, 0.29) is 11.5 Å². The average Bonchev–Trinajstić information content (AvgIpc) is 2.56. The van der Waals surface area contributed by atoms with Crippen molar-refractivity contribution in [2.75, 3.05) is 0 Å². The van der Waals surface area contributed by atoms with Crippen molar-refractivity contribution in [3.8, 4) is 11.3 Å². The zero-order valence-electron chi connectivity index (χ0n) is 15.3. The number of allylic oxidation sites excluding steroid dienone is 2. The van der Waals surface area contributed by atoms with Crippen molar-refractivity contribution in [3.05, 3.63) is 77.6 Å². The topological polar surface area (TPSA) is 50.2 Å². The Morgan fingerprint density at radius 3 is 2.35 bits per heavy atom. The summed E-state index contributed by atoms with van der Waals surface area (Å²) in [5.41, 5.74) is 5.61. The second-order valence-corrected chi connectivity index (χ2v) is 6.00. The molecule has 143 valence electrons. The van der Waals surface area contributed by atoms with E-state index in [0.29, 0.717) is 0 Å². The molecular weight excluding hydrogens is 572 g/mol. The molecule has 1 N–H and O–H groups in total. The molecule has 0 fully saturated rings. The first-order valence-electron chi connectivity index (χ1n) is 8.10. The number of aliphatic hydroxyl groups excluding tert-OH is 1. The van der Waals surface area contributed by atoms with E-state index in [0.717, 1.165) is 16.8 Å². The molecule has 0 aliphatic carbocycles. The number of fused-ring (bicyclic) bond motifs is 1. The zero-order chi connectivity index (χ0) is 18.4. The van der Waals surface area contributed by atoms with E-state index < -0.39 is 0 Å². The van der Waals surface area contributed by atoms with Gasteiger partial charge in [0.2, 0.25) is 0 Å². The number of pyridine rings is 1. The van der Waals surface area contributed by atoms with Crippen LogP contribution in [0.2, 0.25) is 0 Å². The van der Waals surface area contributed by atoms with Gasteiger partial charge < -0.3 is 5.11 Å². The van der Waals surface area contributed by atoms with Crippen molar-refractivity contribution in [3.63, 3.8) is 0 Å². The minimum absolute atomic E-state index is 0. The summed E-state index contributed by atoms with van der Waals surface area (Å²) in [5, 5.41) is 9.53. The standard InChI is InChI=1S/C17H14N.C5H8O2.Lr/c1-12-7-8-15(11-13(12)2)17-10-9-14-5-3-4-6-16(14)18-17;1-4(6)3-5(2)7;/h3-7,9-11H,1-2H3;3,6H,1-2H3;/q-1;;/b;4-3-;. The van der Waals surface area contributed by atoms with Crippen LogP contribution in [-0.2, 0) is 4.79 Å². The predicted octanol–water partition coefficient (Wildman–Crippen LogP) is 5.36. The minimum Gasteiger partial charge on any atom is -0.512 e. The maximum atomic E-state index is 10.0. The summed E-state index contributed by atoms with van der Waals surface area (Å²) in [5.74, 6) is -0.0625. The van der Waals surface area contributed by atoms with E-state index in [1.807, 2.05) is 24.3 Å². The van der Waals surface area contributed by atoms with Crippen LogP contribution in [-0.4, -0.2) is 15.9 Å². The number of para-hydroxylation sites is 1. The molecule has 0 atom stereocenters. The Hall–Kier alpha value is -3.94. The molecule has 0 unspecified atom stereocenters. The molecule has 3 aromatic rings. The molecule has 0 amide bonds. The van der Waals surface area contributed by atoms with Crippen LogP contribution in [0.5, 0.6) is 0 Å². The van der Waals surface area contributed by atoms with Gasteiger partial charge in [0.15, 0.2) is 5.78 Å². The summed E-state index contributed by atoms with van der Waals surface area (Å²) >= 11 is 0. The Kier molecular flexibility index (Phi) is 6.79. The summed E-state index contributed by atoms with van der Waals surface area (Å²) in [4.78, 5) is 14.7. The number of nitrogens with zero attached hydrogens (tertiary/aromatic N) is 1. The molecule has 1 radical (unpaired) electrons. The van der Waals surface area contributed by atoms with Crippen LogP contribution in [0.25, 0.3) is 22.2 Å². The van der Waals surface area contributed by atoms with E-state index in [4.69, 9.17) is 5.11 Å². The molecule has 2 aromatic carbocycles. The summed E-state index contributed by atoms with van der Waals surface area (Å²) in [6, 6.07) is 19.8. The first-order chi connectivity index (χ1) is 11.9. The van der Waals surface area contributed by atoms with E-state index in [1.165, 1.54) is 36.4 Å². The van der Waals surface area contributed by atoms with Gasteiger partial charge in [0.05, 0.1) is 11.3 Å². The number of hydrogen-bond acceptors (Lipinski definition) is 3. The third kappa shape index (κ3) is 5.31. The Balaban J connectivity index is 0.000000366. The summed E-state index contributed by atoms with van der Waals surface area (Å²) < 4.78 is 0. The van der Waals surface area contributed by atoms with Gasteiger partial charge in [0.1, 0.15) is 0 Å². The van der Waals surface area contributed by atoms with Gasteiger partial charge in [-0.1, -0.05) is 44.2 Å². The monoisotopic (exact) mass is 594 g/mol. The molecule has 0 bridgehead atoms. The summed E-state index contributed by atoms with van der Waals surface area (Å²) in [6.07, 6.45) is 1.17. The van der Waals surface area contributed by atoms with Crippen molar-refractivity contribution in [2.24, 2.45) is 0 Å². The fourth-order valence-corrected chi connectivity index (χ4v) is 2.33. The molecule has 1 aromatic heterocycles. The number of ketones is 1. The van der Waals surface area contributed by atoms with Crippen LogP contribution in [0, 0.1) is 19.9 Å². The van der Waals surface area contributed by atoms with Crippen LogP contribution in [0.15, 0.2) is 60.4 Å². The van der Waals surface area contributed by atoms with Crippen molar-refractivity contribution in [2.45, 2.75) is 27.7 Å². The second kappa shape index (κ2) is 8.78. The quantitative estimate of drug-likeness (QED) is 0.247. The van der Waals surface area contributed by atoms with Gasteiger partial charge >= 0.3 is 0 Å². The van der Waals surface area contributed by atoms with Crippen molar-refractivity contribution < 1.29 is 9.90 Å². The Bertz CT molecular complexity index is 928. The van der Waals surface area contributed by atoms with Crippen LogP contribution in [0.1, 0.15) is 25.0 Å². The maximum Gasteiger partial charge on any atom is 0.155 e. The largest absolute Gasteiger partial charge is 0.512 e. The molecule has 3 nitrogen and oxygen atoms in total. The molecular formula is C22H22LrNO2-. The number of carbonyl (C=O) groups excluding carboxylic acids is 1. The number of aliphatic hydroxyl groups is 1. The van der Waals surface area contributed by atoms with E-state index in [9.17, 15) is 4.79 Å². The SMILES string of the molecule is CC(=O)/C=C(/C)O.Cc1c[c-]c(-c2ccc3ccccc3n2)cc1C.[Lr]. The van der Waals surface area contributed by atoms with Gasteiger partial charge in [-0.25, -0.2) is 0 Å². The molecule has 1 heterocycles. The van der Waals surface area contributed by atoms with Gasteiger partial charge in [-0.3, -0.25) is 9.78 Å². The molecule has 0 saturated carbocycles. The predicted molar refractivity (Wildman–Crippen MR) is 103 cm³/mol. The molecule has 0 aliphatic heterocycles. The molecule has 3 rings (SSSR count). The third-order valence-electron chi connectivity index (χ3n) is 3.71. The smallest absolute Gasteiger partial charge is 0.155 e. The summed E-state index contributed by atoms with van der Waals surface area (Å²) in [6.45, 7) is 7.07. The van der Waals surface area contributed by atoms with Crippen molar-refractivity contribution >= 4 is 16.7 Å². The number of rotatable bonds is 2. The third-order valence-corrected chi connectivity index (χ3v) is 3.71. The van der Waals surface area contributed by atoms with Crippen LogP contribution in [0.4, 0.5) is 0 Å². The van der Waals surface area contributed by atoms with Gasteiger partial charge in [-0.15, -0.1) is 34.9 Å². The Morgan fingerprint density at radius 1 is 1.08 bits per heavy atom. The first-order valence-corrected chi connectivity index (χ1v) is 8.10. The van der Waals surface area contributed by atoms with Crippen LogP contribution in [0.3, 0.4) is 0 Å². The minimum atomic E-state index is -0.125. The van der Waals surface area contributed by atoms with E-state index in [2.05, 4.69) is 49.2 Å². The Labute approximate surface area is 148 Å². The van der Waals surface area contributed by atoms with Gasteiger partial charge in [0.25, 0.3) is 0 Å². The molecule has 26 heavy (non-hydrogen) atoms. The second-order valence-electron chi connectivity index (χ2n) is 6.00. The fraction of sp³-hybridized carbons (Fsp3) is 0.182. The van der Waals surface area contributed by atoms with Crippen LogP contribution < -0.4 is 0 Å². The van der Waals surface area contributed by atoms with Gasteiger partial charge in [-0.2, -0.15) is 0 Å². The van der Waals surface area contributed by atoms with Gasteiger partial charge in [0, 0.05) is 6.08 Å². The van der Waals surface area contributed by atoms with Crippen molar-refractivity contribution in [1.82, 2.24) is 4.98 Å². The van der Waals surface area contributed by atoms with Crippen molar-refractivity contribution in [1.29, 1.82) is 0 Å². The number of benzene rings is 2. The van der Waals surface area contributed by atoms with E-state index >= 15 is 0 Å². The number of aromatic nitrogens is 1. The van der Waals surface area contributed by atoms with Gasteiger partial charge in [-0.05, 0) is 31.0 Å². The molecule has 4 heteroatoms. The normalized spacial score (nSPS) is 10.5. The Morgan fingerprint density at radius 2 is 1.77 bits per heavy atom. The first kappa shape index (κ1) is 20.1. The fourth-order valence-electron chi connectivity index (χ4n) is 2.33. The zero-order valence-corrected chi connectivity index (χ0v) is 17.4. The molecule has 0 aliphatic rings. The van der Waals surface area contributed by atoms with E-state index in [1.54, 1.807) is 0 Å². The number of carbonyl (C=O) groups is 1. The number of hydrogen-bond donors (Lipinski definition) is 1. The molecule has 0 spiro atoms.